The highest BCUT2D eigenvalue weighted by Gasteiger charge is 2.09. The Morgan fingerprint density at radius 2 is 2.45 bits per heavy atom. The molecule has 1 atom stereocenters. The molecule has 0 radical (unpaired) electrons. The van der Waals surface area contributed by atoms with Crippen LogP contribution in [0, 0.1) is 11.3 Å². The van der Waals surface area contributed by atoms with Gasteiger partial charge in [-0.25, -0.2) is 9.18 Å². The highest BCUT2D eigenvalue weighted by Crippen LogP contribution is 2.05. The second-order valence-corrected chi connectivity index (χ2v) is 1.84. The van der Waals surface area contributed by atoms with Crippen LogP contribution in [-0.4, -0.2) is 17.6 Å². The lowest BCUT2D eigenvalue weighted by molar-refractivity contribution is -0.0196. The van der Waals surface area contributed by atoms with Gasteiger partial charge in [-0.05, 0) is 6.42 Å². The third kappa shape index (κ3) is 6.58. The van der Waals surface area contributed by atoms with Gasteiger partial charge in [0.15, 0.2) is 0 Å². The van der Waals surface area contributed by atoms with Gasteiger partial charge in [0.2, 0.25) is 6.36 Å². The predicted octanol–water partition coefficient (Wildman–Crippen LogP) is 1.67. The van der Waals surface area contributed by atoms with Crippen molar-refractivity contribution in [3.05, 3.63) is 0 Å². The smallest absolute Gasteiger partial charge is 0.450 e. The molecule has 4 nitrogen and oxygen atoms in total. The zero-order chi connectivity index (χ0) is 8.69. The molecule has 0 aliphatic carbocycles. The van der Waals surface area contributed by atoms with E-state index in [9.17, 15) is 9.18 Å². The molecule has 0 aliphatic rings. The molecule has 1 unspecified atom stereocenters. The summed E-state index contributed by atoms with van der Waals surface area (Å²) in [6, 6.07) is 1.81. The summed E-state index contributed by atoms with van der Waals surface area (Å²) in [5.41, 5.74) is 0. The molecule has 11 heavy (non-hydrogen) atoms. The molecule has 0 aromatic rings. The van der Waals surface area contributed by atoms with Crippen LogP contribution in [0.3, 0.4) is 0 Å². The van der Waals surface area contributed by atoms with Gasteiger partial charge in [-0.3, -0.25) is 0 Å². The lowest BCUT2D eigenvalue weighted by atomic mass is 10.2. The van der Waals surface area contributed by atoms with Gasteiger partial charge in [-0.15, -0.1) is 0 Å². The summed E-state index contributed by atoms with van der Waals surface area (Å²) in [5, 5.41) is 15.9. The maximum absolute atomic E-state index is 12.3. The zero-order valence-corrected chi connectivity index (χ0v) is 5.79. The standard InChI is InChI=1S/C6H8FNO3/c7-5(11-6(9)10)3-1-2-4-8/h5H,1-3H2,(H,9,10). The number of carbonyl (C=O) groups is 1. The molecule has 0 aliphatic heterocycles. The van der Waals surface area contributed by atoms with Crippen LogP contribution in [0.4, 0.5) is 9.18 Å². The fourth-order valence-corrected chi connectivity index (χ4v) is 0.510. The summed E-state index contributed by atoms with van der Waals surface area (Å²) < 4.78 is 16.0. The van der Waals surface area contributed by atoms with Crippen LogP contribution in [0.1, 0.15) is 19.3 Å². The molecule has 0 saturated heterocycles. The van der Waals surface area contributed by atoms with Crippen LogP contribution in [0.25, 0.3) is 0 Å². The lowest BCUT2D eigenvalue weighted by Gasteiger charge is -2.03. The molecule has 0 aromatic carbocycles. The monoisotopic (exact) mass is 161 g/mol. The highest BCUT2D eigenvalue weighted by molar-refractivity contribution is 5.56. The number of alkyl halides is 1. The lowest BCUT2D eigenvalue weighted by Crippen LogP contribution is -2.10. The molecule has 0 spiro atoms. The maximum Gasteiger partial charge on any atom is 0.508 e. The van der Waals surface area contributed by atoms with E-state index >= 15 is 0 Å². The van der Waals surface area contributed by atoms with Crippen molar-refractivity contribution >= 4 is 6.16 Å². The molecule has 62 valence electrons. The van der Waals surface area contributed by atoms with Gasteiger partial charge < -0.3 is 9.84 Å². The first kappa shape index (κ1) is 9.69. The molecule has 0 fully saturated rings. The van der Waals surface area contributed by atoms with Crippen LogP contribution in [0.15, 0.2) is 0 Å². The van der Waals surface area contributed by atoms with Gasteiger partial charge in [0.1, 0.15) is 0 Å². The van der Waals surface area contributed by atoms with Gasteiger partial charge in [-0.2, -0.15) is 5.26 Å². The van der Waals surface area contributed by atoms with E-state index in [-0.39, 0.29) is 12.8 Å². The van der Waals surface area contributed by atoms with E-state index < -0.39 is 12.5 Å². The summed E-state index contributed by atoms with van der Waals surface area (Å²) in [5.74, 6) is 0. The molecule has 0 rings (SSSR count). The number of ether oxygens (including phenoxy) is 1. The SMILES string of the molecule is N#CCCCC(F)OC(=O)O. The van der Waals surface area contributed by atoms with Gasteiger partial charge in [0, 0.05) is 12.8 Å². The van der Waals surface area contributed by atoms with Gasteiger partial charge in [-0.1, -0.05) is 0 Å². The van der Waals surface area contributed by atoms with Gasteiger partial charge in [0.05, 0.1) is 6.07 Å². The third-order valence-electron chi connectivity index (χ3n) is 0.948. The Morgan fingerprint density at radius 3 is 2.91 bits per heavy atom. The van der Waals surface area contributed by atoms with Crippen LogP contribution >= 0.6 is 0 Å². The quantitative estimate of drug-likeness (QED) is 0.502. The Hall–Kier alpha value is -1.31. The number of rotatable bonds is 4. The Labute approximate surface area is 63.2 Å². The third-order valence-corrected chi connectivity index (χ3v) is 0.948. The van der Waals surface area contributed by atoms with Crippen LogP contribution in [0.5, 0.6) is 0 Å². The summed E-state index contributed by atoms with van der Waals surface area (Å²) in [7, 11) is 0. The normalized spacial score (nSPS) is 11.6. The minimum Gasteiger partial charge on any atom is -0.450 e. The van der Waals surface area contributed by atoms with Crippen LogP contribution in [0.2, 0.25) is 0 Å². The topological polar surface area (TPSA) is 70.3 Å². The second kappa shape index (κ2) is 5.47. The summed E-state index contributed by atoms with van der Waals surface area (Å²) in [6.07, 6.45) is -2.97. The molecule has 0 aromatic heterocycles. The minimum atomic E-state index is -1.80. The first-order chi connectivity index (χ1) is 5.16. The number of nitrogens with zero attached hydrogens (tertiary/aromatic N) is 1. The van der Waals surface area contributed by atoms with Crippen molar-refractivity contribution in [1.29, 1.82) is 5.26 Å². The summed E-state index contributed by atoms with van der Waals surface area (Å²) in [6.45, 7) is 0. The average molecular weight is 161 g/mol. The van der Waals surface area contributed by atoms with E-state index in [1.54, 1.807) is 6.07 Å². The predicted molar refractivity (Wildman–Crippen MR) is 33.5 cm³/mol. The number of nitriles is 1. The molecule has 0 saturated carbocycles. The molecule has 0 bridgehead atoms. The van der Waals surface area contributed by atoms with Crippen molar-refractivity contribution in [3.8, 4) is 6.07 Å². The van der Waals surface area contributed by atoms with Crippen molar-refractivity contribution in [2.45, 2.75) is 25.6 Å². The number of hydrogen-bond acceptors (Lipinski definition) is 3. The Bertz CT molecular complexity index is 166. The van der Waals surface area contributed by atoms with E-state index in [4.69, 9.17) is 10.4 Å². The summed E-state index contributed by atoms with van der Waals surface area (Å²) >= 11 is 0. The van der Waals surface area contributed by atoms with Crippen LogP contribution < -0.4 is 0 Å². The van der Waals surface area contributed by atoms with Crippen molar-refractivity contribution in [2.75, 3.05) is 0 Å². The number of halogens is 1. The highest BCUT2D eigenvalue weighted by atomic mass is 19.1. The molecular formula is C6H8FNO3. The van der Waals surface area contributed by atoms with Crippen molar-refractivity contribution in [3.63, 3.8) is 0 Å². The van der Waals surface area contributed by atoms with E-state index in [2.05, 4.69) is 4.74 Å². The first-order valence-electron chi connectivity index (χ1n) is 3.07. The van der Waals surface area contributed by atoms with Crippen molar-refractivity contribution in [1.82, 2.24) is 0 Å². The fraction of sp³-hybridized carbons (Fsp3) is 0.667. The van der Waals surface area contributed by atoms with E-state index in [0.717, 1.165) is 0 Å². The fourth-order valence-electron chi connectivity index (χ4n) is 0.510. The van der Waals surface area contributed by atoms with Gasteiger partial charge in [0.25, 0.3) is 0 Å². The van der Waals surface area contributed by atoms with Crippen LogP contribution in [-0.2, 0) is 4.74 Å². The Morgan fingerprint density at radius 1 is 1.82 bits per heavy atom. The maximum atomic E-state index is 12.3. The first-order valence-corrected chi connectivity index (χ1v) is 3.07. The average Bonchev–Trinajstić information content (AvgIpc) is 1.86. The molecule has 5 heteroatoms. The number of carboxylic acid groups (broad SMARTS) is 1. The Balaban J connectivity index is 3.31. The van der Waals surface area contributed by atoms with Crippen molar-refractivity contribution < 1.29 is 19.0 Å². The van der Waals surface area contributed by atoms with Gasteiger partial charge >= 0.3 is 6.16 Å². The molecule has 0 heterocycles. The minimum absolute atomic E-state index is 0.0557. The van der Waals surface area contributed by atoms with E-state index in [1.165, 1.54) is 0 Å². The van der Waals surface area contributed by atoms with Crippen molar-refractivity contribution in [2.24, 2.45) is 0 Å². The largest absolute Gasteiger partial charge is 0.508 e. The Kier molecular flexibility index (Phi) is 4.82. The second-order valence-electron chi connectivity index (χ2n) is 1.84. The van der Waals surface area contributed by atoms with E-state index in [1.807, 2.05) is 0 Å². The number of unbranched alkanes of at least 4 members (excludes halogenated alkanes) is 1. The van der Waals surface area contributed by atoms with E-state index in [0.29, 0.717) is 6.42 Å². The molecule has 1 N–H and O–H groups in total. The number of hydrogen-bond donors (Lipinski definition) is 1. The molecule has 0 amide bonds. The molecular weight excluding hydrogens is 153 g/mol. The summed E-state index contributed by atoms with van der Waals surface area (Å²) in [4.78, 5) is 9.72. The zero-order valence-electron chi connectivity index (χ0n) is 5.79.